The van der Waals surface area contributed by atoms with Crippen molar-refractivity contribution in [3.05, 3.63) is 51.1 Å². The maximum absolute atomic E-state index is 3.67. The van der Waals surface area contributed by atoms with Crippen LogP contribution in [-0.2, 0) is 6.42 Å². The molecule has 4 heteroatoms. The highest BCUT2D eigenvalue weighted by atomic mass is 79.9. The molecular weight excluding hydrogens is 350 g/mol. The molecule has 0 aliphatic heterocycles. The first-order valence-electron chi connectivity index (χ1n) is 6.92. The summed E-state index contributed by atoms with van der Waals surface area (Å²) in [7, 11) is 0. The lowest BCUT2D eigenvalue weighted by Gasteiger charge is -2.17. The lowest BCUT2D eigenvalue weighted by molar-refractivity contribution is 0.553. The molecule has 1 N–H and O–H groups in total. The SMILES string of the molecule is CCCNC(CSc1ccc(Br)cc1)Cc1cccs1. The molecule has 0 amide bonds. The molecule has 0 fully saturated rings. The second kappa shape index (κ2) is 8.88. The van der Waals surface area contributed by atoms with Crippen LogP contribution >= 0.6 is 39.0 Å². The molecule has 108 valence electrons. The van der Waals surface area contributed by atoms with Crippen LogP contribution in [0.25, 0.3) is 0 Å². The van der Waals surface area contributed by atoms with E-state index >= 15 is 0 Å². The Morgan fingerprint density at radius 3 is 2.70 bits per heavy atom. The number of hydrogen-bond acceptors (Lipinski definition) is 3. The van der Waals surface area contributed by atoms with Gasteiger partial charge in [-0.1, -0.05) is 28.9 Å². The van der Waals surface area contributed by atoms with Gasteiger partial charge in [0.2, 0.25) is 0 Å². The molecule has 1 atom stereocenters. The van der Waals surface area contributed by atoms with Crippen LogP contribution in [0, 0.1) is 0 Å². The molecule has 2 rings (SSSR count). The maximum atomic E-state index is 3.67. The minimum Gasteiger partial charge on any atom is -0.313 e. The second-order valence-electron chi connectivity index (χ2n) is 4.70. The molecule has 0 bridgehead atoms. The molecule has 2 aromatic rings. The highest BCUT2D eigenvalue weighted by molar-refractivity contribution is 9.10. The van der Waals surface area contributed by atoms with Crippen molar-refractivity contribution in [1.82, 2.24) is 5.32 Å². The number of hydrogen-bond donors (Lipinski definition) is 1. The summed E-state index contributed by atoms with van der Waals surface area (Å²) in [6.07, 6.45) is 2.31. The number of rotatable bonds is 8. The van der Waals surface area contributed by atoms with Crippen LogP contribution in [0.2, 0.25) is 0 Å². The highest BCUT2D eigenvalue weighted by Crippen LogP contribution is 2.22. The third-order valence-corrected chi connectivity index (χ3v) is 5.58. The molecule has 0 radical (unpaired) electrons. The van der Waals surface area contributed by atoms with Gasteiger partial charge in [0.15, 0.2) is 0 Å². The Hall–Kier alpha value is -0.290. The van der Waals surface area contributed by atoms with Gasteiger partial charge < -0.3 is 5.32 Å². The predicted molar refractivity (Wildman–Crippen MR) is 95.0 cm³/mol. The molecule has 1 nitrogen and oxygen atoms in total. The number of benzene rings is 1. The summed E-state index contributed by atoms with van der Waals surface area (Å²) in [5, 5.41) is 5.83. The summed E-state index contributed by atoms with van der Waals surface area (Å²) in [5.74, 6) is 1.11. The molecule has 1 unspecified atom stereocenters. The molecule has 0 aliphatic rings. The quantitative estimate of drug-likeness (QED) is 0.640. The van der Waals surface area contributed by atoms with E-state index in [4.69, 9.17) is 0 Å². The van der Waals surface area contributed by atoms with Crippen molar-refractivity contribution in [3.63, 3.8) is 0 Å². The van der Waals surface area contributed by atoms with Gasteiger partial charge >= 0.3 is 0 Å². The van der Waals surface area contributed by atoms with Crippen molar-refractivity contribution in [2.75, 3.05) is 12.3 Å². The molecule has 1 aromatic carbocycles. The van der Waals surface area contributed by atoms with Gasteiger partial charge in [0.1, 0.15) is 0 Å². The van der Waals surface area contributed by atoms with Crippen LogP contribution in [0.15, 0.2) is 51.1 Å². The fourth-order valence-corrected chi connectivity index (χ4v) is 3.95. The number of thioether (sulfide) groups is 1. The molecular formula is C16H20BrNS2. The Morgan fingerprint density at radius 1 is 1.25 bits per heavy atom. The summed E-state index contributed by atoms with van der Waals surface area (Å²) in [4.78, 5) is 2.80. The molecule has 20 heavy (non-hydrogen) atoms. The van der Waals surface area contributed by atoms with Gasteiger partial charge in [-0.3, -0.25) is 0 Å². The number of nitrogens with one attached hydrogen (secondary N) is 1. The van der Waals surface area contributed by atoms with Crippen molar-refractivity contribution in [2.24, 2.45) is 0 Å². The van der Waals surface area contributed by atoms with Crippen molar-refractivity contribution < 1.29 is 0 Å². The van der Waals surface area contributed by atoms with E-state index in [0.717, 1.165) is 23.2 Å². The monoisotopic (exact) mass is 369 g/mol. The van der Waals surface area contributed by atoms with E-state index in [1.165, 1.54) is 16.2 Å². The molecule has 0 aliphatic carbocycles. The van der Waals surface area contributed by atoms with E-state index in [-0.39, 0.29) is 0 Å². The molecule has 0 saturated heterocycles. The summed E-state index contributed by atoms with van der Waals surface area (Å²) < 4.78 is 1.14. The first kappa shape index (κ1) is 16.1. The average Bonchev–Trinajstić information content (AvgIpc) is 2.96. The average molecular weight is 370 g/mol. The second-order valence-corrected chi connectivity index (χ2v) is 7.74. The van der Waals surface area contributed by atoms with Crippen LogP contribution in [0.1, 0.15) is 18.2 Å². The first-order valence-corrected chi connectivity index (χ1v) is 9.58. The van der Waals surface area contributed by atoms with Gasteiger partial charge in [-0.25, -0.2) is 0 Å². The fourth-order valence-electron chi connectivity index (χ4n) is 1.94. The van der Waals surface area contributed by atoms with Gasteiger partial charge in [0.25, 0.3) is 0 Å². The maximum Gasteiger partial charge on any atom is 0.0209 e. The largest absolute Gasteiger partial charge is 0.313 e. The summed E-state index contributed by atoms with van der Waals surface area (Å²) >= 11 is 7.26. The van der Waals surface area contributed by atoms with Crippen LogP contribution < -0.4 is 5.32 Å². The molecule has 0 spiro atoms. The van der Waals surface area contributed by atoms with Crippen LogP contribution in [0.3, 0.4) is 0 Å². The zero-order chi connectivity index (χ0) is 14.2. The van der Waals surface area contributed by atoms with Crippen molar-refractivity contribution in [3.8, 4) is 0 Å². The lowest BCUT2D eigenvalue weighted by Crippen LogP contribution is -2.33. The summed E-state index contributed by atoms with van der Waals surface area (Å²) in [6, 6.07) is 13.5. The Labute approximate surface area is 138 Å². The van der Waals surface area contributed by atoms with Crippen molar-refractivity contribution in [2.45, 2.75) is 30.7 Å². The Balaban J connectivity index is 1.87. The Morgan fingerprint density at radius 2 is 2.05 bits per heavy atom. The first-order chi connectivity index (χ1) is 9.78. The highest BCUT2D eigenvalue weighted by Gasteiger charge is 2.10. The van der Waals surface area contributed by atoms with E-state index in [2.05, 4.69) is 69.9 Å². The summed E-state index contributed by atoms with van der Waals surface area (Å²) in [6.45, 7) is 3.31. The van der Waals surface area contributed by atoms with E-state index in [9.17, 15) is 0 Å². The van der Waals surface area contributed by atoms with Crippen LogP contribution in [0.5, 0.6) is 0 Å². The molecule has 1 heterocycles. The standard InChI is InChI=1S/C16H20BrNS2/c1-2-9-18-14(11-16-4-3-10-19-16)12-20-15-7-5-13(17)6-8-15/h3-8,10,14,18H,2,9,11-12H2,1H3. The van der Waals surface area contributed by atoms with Gasteiger partial charge in [0, 0.05) is 26.0 Å². The molecule has 1 aromatic heterocycles. The predicted octanol–water partition coefficient (Wildman–Crippen LogP) is 5.21. The van der Waals surface area contributed by atoms with Gasteiger partial charge in [0.05, 0.1) is 0 Å². The van der Waals surface area contributed by atoms with Crippen LogP contribution in [-0.4, -0.2) is 18.3 Å². The zero-order valence-electron chi connectivity index (χ0n) is 11.6. The van der Waals surface area contributed by atoms with E-state index in [0.29, 0.717) is 6.04 Å². The minimum absolute atomic E-state index is 0.544. The fraction of sp³-hybridized carbons (Fsp3) is 0.375. The van der Waals surface area contributed by atoms with Crippen molar-refractivity contribution in [1.29, 1.82) is 0 Å². The normalized spacial score (nSPS) is 12.5. The number of thiophene rings is 1. The Bertz CT molecular complexity index is 482. The van der Waals surface area contributed by atoms with E-state index < -0.39 is 0 Å². The summed E-state index contributed by atoms with van der Waals surface area (Å²) in [5.41, 5.74) is 0. The topological polar surface area (TPSA) is 12.0 Å². The van der Waals surface area contributed by atoms with Gasteiger partial charge in [-0.05, 0) is 55.1 Å². The van der Waals surface area contributed by atoms with E-state index in [1.54, 1.807) is 0 Å². The Kier molecular flexibility index (Phi) is 7.14. The van der Waals surface area contributed by atoms with Crippen LogP contribution in [0.4, 0.5) is 0 Å². The van der Waals surface area contributed by atoms with Crippen molar-refractivity contribution >= 4 is 39.0 Å². The number of halogens is 1. The molecule has 0 saturated carbocycles. The van der Waals surface area contributed by atoms with Gasteiger partial charge in [-0.15, -0.1) is 23.1 Å². The third kappa shape index (κ3) is 5.60. The van der Waals surface area contributed by atoms with E-state index in [1.807, 2.05) is 23.1 Å². The lowest BCUT2D eigenvalue weighted by atomic mass is 10.2. The smallest absolute Gasteiger partial charge is 0.0209 e. The third-order valence-electron chi connectivity index (χ3n) is 2.98. The minimum atomic E-state index is 0.544. The van der Waals surface area contributed by atoms with Gasteiger partial charge in [-0.2, -0.15) is 0 Å². The zero-order valence-corrected chi connectivity index (χ0v) is 14.9.